The summed E-state index contributed by atoms with van der Waals surface area (Å²) in [5.74, 6) is 0. The smallest absolute Gasteiger partial charge is 0.0452 e. The summed E-state index contributed by atoms with van der Waals surface area (Å²) in [5, 5.41) is 0. The molecule has 1 unspecified atom stereocenters. The van der Waals surface area contributed by atoms with E-state index in [1.807, 2.05) is 6.07 Å². The fourth-order valence-corrected chi connectivity index (χ4v) is 1.43. The Morgan fingerprint density at radius 3 is 1.72 bits per heavy atom. The Morgan fingerprint density at radius 1 is 0.889 bits per heavy atom. The lowest BCUT2D eigenvalue weighted by Gasteiger charge is -2.06. The molecular formula is C12H14N3O2S-. The van der Waals surface area contributed by atoms with E-state index in [0.29, 0.717) is 5.69 Å². The zero-order chi connectivity index (χ0) is 13.4. The van der Waals surface area contributed by atoms with Crippen LogP contribution in [0.15, 0.2) is 54.6 Å². The molecule has 5 nitrogen and oxygen atoms in total. The Kier molecular flexibility index (Phi) is 5.69. The molecule has 0 aliphatic rings. The summed E-state index contributed by atoms with van der Waals surface area (Å²) in [4.78, 5) is 0. The molecule has 0 fully saturated rings. The zero-order valence-electron chi connectivity index (χ0n) is 9.58. The molecule has 0 amide bonds. The lowest BCUT2D eigenvalue weighted by atomic mass is 10.3. The van der Waals surface area contributed by atoms with E-state index in [-0.39, 0.29) is 0 Å². The van der Waals surface area contributed by atoms with Gasteiger partial charge in [-0.15, -0.1) is 0 Å². The van der Waals surface area contributed by atoms with Gasteiger partial charge >= 0.3 is 0 Å². The second kappa shape index (κ2) is 7.31. The van der Waals surface area contributed by atoms with E-state index in [1.165, 1.54) is 0 Å². The lowest BCUT2D eigenvalue weighted by molar-refractivity contribution is 0.542. The molecule has 0 spiro atoms. The maximum Gasteiger partial charge on any atom is 0.0452 e. The van der Waals surface area contributed by atoms with E-state index < -0.39 is 11.3 Å². The predicted molar refractivity (Wildman–Crippen MR) is 74.3 cm³/mol. The summed E-state index contributed by atoms with van der Waals surface area (Å²) >= 11 is -2.22. The molecular weight excluding hydrogens is 250 g/mol. The Hall–Kier alpha value is -2.05. The average Bonchev–Trinajstić information content (AvgIpc) is 2.34. The highest BCUT2D eigenvalue weighted by Gasteiger charge is 1.84. The lowest BCUT2D eigenvalue weighted by Crippen LogP contribution is -2.01. The van der Waals surface area contributed by atoms with Crippen LogP contribution in [0, 0.1) is 0 Å². The number of hydrogen-bond donors (Lipinski definition) is 3. The normalized spacial score (nSPS) is 10.9. The fraction of sp³-hybridized carbons (Fsp3) is 0. The molecule has 0 aromatic heterocycles. The molecule has 0 bridgehead atoms. The minimum atomic E-state index is -2.22. The molecule has 0 radical (unpaired) electrons. The van der Waals surface area contributed by atoms with Crippen molar-refractivity contribution in [3.63, 3.8) is 0 Å². The Labute approximate surface area is 108 Å². The van der Waals surface area contributed by atoms with Crippen LogP contribution in [0.4, 0.5) is 17.1 Å². The predicted octanol–water partition coefficient (Wildman–Crippen LogP) is 1.74. The highest BCUT2D eigenvalue weighted by Crippen LogP contribution is 2.05. The number of anilines is 3. The standard InChI is InChI=1S/C6H8N2.C6H7NO2S/c7-5-1-2-6(8)4-3-5;8-10(9)7-6-4-2-1-3-5-6/h1-4H,7-8H2;1-5,7H,(H,8,9)/p-1. The number of para-hydroxylation sites is 1. The first kappa shape index (κ1) is 14.0. The van der Waals surface area contributed by atoms with E-state index in [2.05, 4.69) is 4.72 Å². The van der Waals surface area contributed by atoms with Crippen LogP contribution >= 0.6 is 0 Å². The summed E-state index contributed by atoms with van der Waals surface area (Å²) in [6.07, 6.45) is 0. The number of rotatable bonds is 2. The Morgan fingerprint density at radius 2 is 1.33 bits per heavy atom. The molecule has 5 N–H and O–H groups in total. The Bertz CT molecular complexity index is 467. The van der Waals surface area contributed by atoms with Crippen molar-refractivity contribution < 1.29 is 8.76 Å². The van der Waals surface area contributed by atoms with E-state index in [9.17, 15) is 8.76 Å². The van der Waals surface area contributed by atoms with Gasteiger partial charge in [-0.05, 0) is 36.4 Å². The third kappa shape index (κ3) is 5.88. The minimum absolute atomic E-state index is 0.579. The van der Waals surface area contributed by atoms with Gasteiger partial charge in [0.05, 0.1) is 0 Å². The first-order valence-electron chi connectivity index (χ1n) is 5.10. The summed E-state index contributed by atoms with van der Waals surface area (Å²) in [6, 6.07) is 15.8. The highest BCUT2D eigenvalue weighted by atomic mass is 32.2. The van der Waals surface area contributed by atoms with Crippen molar-refractivity contribution in [2.75, 3.05) is 16.2 Å². The van der Waals surface area contributed by atoms with Crippen LogP contribution < -0.4 is 16.2 Å². The highest BCUT2D eigenvalue weighted by molar-refractivity contribution is 7.80. The van der Waals surface area contributed by atoms with Gasteiger partial charge in [-0.2, -0.15) is 0 Å². The van der Waals surface area contributed by atoms with Gasteiger partial charge in [0.1, 0.15) is 0 Å². The monoisotopic (exact) mass is 264 g/mol. The van der Waals surface area contributed by atoms with Crippen LogP contribution in [-0.2, 0) is 11.3 Å². The molecule has 0 saturated carbocycles. The van der Waals surface area contributed by atoms with E-state index in [1.54, 1.807) is 48.5 Å². The third-order valence-electron chi connectivity index (χ3n) is 1.91. The van der Waals surface area contributed by atoms with Gasteiger partial charge in [-0.1, -0.05) is 18.2 Å². The van der Waals surface area contributed by atoms with Crippen molar-refractivity contribution in [2.24, 2.45) is 0 Å². The van der Waals surface area contributed by atoms with Gasteiger partial charge in [0.25, 0.3) is 0 Å². The molecule has 0 saturated heterocycles. The number of nitrogen functional groups attached to an aromatic ring is 2. The molecule has 0 aliphatic heterocycles. The molecule has 0 heterocycles. The third-order valence-corrected chi connectivity index (χ3v) is 2.31. The number of benzene rings is 2. The van der Waals surface area contributed by atoms with Crippen LogP contribution in [-0.4, -0.2) is 8.76 Å². The topological polar surface area (TPSA) is 104 Å². The molecule has 2 aromatic rings. The molecule has 6 heteroatoms. The van der Waals surface area contributed by atoms with Gasteiger partial charge in [0, 0.05) is 28.3 Å². The van der Waals surface area contributed by atoms with E-state index >= 15 is 0 Å². The van der Waals surface area contributed by atoms with E-state index in [0.717, 1.165) is 11.4 Å². The summed E-state index contributed by atoms with van der Waals surface area (Å²) in [6.45, 7) is 0. The quantitative estimate of drug-likeness (QED) is 0.567. The SMILES string of the molecule is Nc1ccc(N)cc1.O=S([O-])Nc1ccccc1. The second-order valence-corrected chi connectivity index (χ2v) is 4.04. The van der Waals surface area contributed by atoms with Crippen LogP contribution in [0.2, 0.25) is 0 Å². The van der Waals surface area contributed by atoms with Crippen molar-refractivity contribution in [3.05, 3.63) is 54.6 Å². The van der Waals surface area contributed by atoms with Crippen molar-refractivity contribution in [2.45, 2.75) is 0 Å². The molecule has 18 heavy (non-hydrogen) atoms. The number of nitrogens with two attached hydrogens (primary N) is 2. The minimum Gasteiger partial charge on any atom is -0.755 e. The molecule has 2 aromatic carbocycles. The molecule has 2 rings (SSSR count). The molecule has 96 valence electrons. The molecule has 0 aliphatic carbocycles. The molecule has 1 atom stereocenters. The Balaban J connectivity index is 0.000000184. The van der Waals surface area contributed by atoms with Crippen molar-refractivity contribution in [1.82, 2.24) is 0 Å². The summed E-state index contributed by atoms with van der Waals surface area (Å²) in [5.41, 5.74) is 12.8. The van der Waals surface area contributed by atoms with Crippen LogP contribution in [0.5, 0.6) is 0 Å². The average molecular weight is 264 g/mol. The van der Waals surface area contributed by atoms with Crippen molar-refractivity contribution in [1.29, 1.82) is 0 Å². The number of nitrogens with one attached hydrogen (secondary N) is 1. The van der Waals surface area contributed by atoms with Crippen molar-refractivity contribution >= 4 is 28.3 Å². The largest absolute Gasteiger partial charge is 0.755 e. The maximum absolute atomic E-state index is 10.1. The van der Waals surface area contributed by atoms with Gasteiger partial charge < -0.3 is 20.7 Å². The van der Waals surface area contributed by atoms with Gasteiger partial charge in [-0.3, -0.25) is 4.21 Å². The second-order valence-electron chi connectivity index (χ2n) is 3.37. The van der Waals surface area contributed by atoms with E-state index in [4.69, 9.17) is 11.5 Å². The van der Waals surface area contributed by atoms with Crippen LogP contribution in [0.25, 0.3) is 0 Å². The van der Waals surface area contributed by atoms with Gasteiger partial charge in [0.15, 0.2) is 0 Å². The van der Waals surface area contributed by atoms with Gasteiger partial charge in [-0.25, -0.2) is 0 Å². The van der Waals surface area contributed by atoms with Crippen LogP contribution in [0.3, 0.4) is 0 Å². The fourth-order valence-electron chi connectivity index (χ4n) is 1.10. The zero-order valence-corrected chi connectivity index (χ0v) is 10.4. The van der Waals surface area contributed by atoms with Crippen molar-refractivity contribution in [3.8, 4) is 0 Å². The first-order chi connectivity index (χ1) is 8.58. The van der Waals surface area contributed by atoms with Crippen LogP contribution in [0.1, 0.15) is 0 Å². The van der Waals surface area contributed by atoms with Gasteiger partial charge in [0.2, 0.25) is 0 Å². The summed E-state index contributed by atoms with van der Waals surface area (Å²) < 4.78 is 22.3. The first-order valence-corrected chi connectivity index (χ1v) is 6.17. The number of hydrogen-bond acceptors (Lipinski definition) is 4. The summed E-state index contributed by atoms with van der Waals surface area (Å²) in [7, 11) is 0. The maximum atomic E-state index is 10.1.